The molecule has 90 valence electrons. The van der Waals surface area contributed by atoms with Crippen molar-refractivity contribution in [1.29, 1.82) is 0 Å². The SMILES string of the molecule is OC1=NCC2CCC(C3=CC=CCC3)CC2=C1. The van der Waals surface area contributed by atoms with E-state index in [1.165, 1.54) is 31.3 Å². The lowest BCUT2D eigenvalue weighted by Gasteiger charge is -2.33. The highest BCUT2D eigenvalue weighted by atomic mass is 16.3. The molecule has 0 aromatic carbocycles. The number of hydrogen-bond donors (Lipinski definition) is 1. The van der Waals surface area contributed by atoms with Crippen LogP contribution in [0.2, 0.25) is 0 Å². The van der Waals surface area contributed by atoms with Crippen molar-refractivity contribution in [1.82, 2.24) is 0 Å². The van der Waals surface area contributed by atoms with E-state index >= 15 is 0 Å². The largest absolute Gasteiger partial charge is 0.494 e. The molecule has 0 aromatic heterocycles. The zero-order chi connectivity index (χ0) is 11.7. The number of allylic oxidation sites excluding steroid dienone is 4. The third-order valence-corrected chi connectivity index (χ3v) is 4.23. The van der Waals surface area contributed by atoms with Gasteiger partial charge in [-0.15, -0.1) is 0 Å². The maximum atomic E-state index is 9.49. The summed E-state index contributed by atoms with van der Waals surface area (Å²) in [4.78, 5) is 4.12. The Hall–Kier alpha value is -1.31. The van der Waals surface area contributed by atoms with Gasteiger partial charge in [0, 0.05) is 12.5 Å². The lowest BCUT2D eigenvalue weighted by Crippen LogP contribution is -2.24. The molecule has 1 fully saturated rings. The highest BCUT2D eigenvalue weighted by molar-refractivity contribution is 5.87. The Bertz CT molecular complexity index is 428. The monoisotopic (exact) mass is 229 g/mol. The molecule has 1 saturated carbocycles. The van der Waals surface area contributed by atoms with Gasteiger partial charge in [-0.25, -0.2) is 0 Å². The first kappa shape index (κ1) is 10.8. The quantitative estimate of drug-likeness (QED) is 0.732. The van der Waals surface area contributed by atoms with E-state index in [2.05, 4.69) is 23.2 Å². The Labute approximate surface area is 102 Å². The molecular formula is C15H19NO. The van der Waals surface area contributed by atoms with Crippen LogP contribution in [-0.2, 0) is 0 Å². The molecule has 1 aliphatic heterocycles. The fourth-order valence-corrected chi connectivity index (χ4v) is 3.22. The Kier molecular flexibility index (Phi) is 2.87. The first-order valence-electron chi connectivity index (χ1n) is 6.62. The van der Waals surface area contributed by atoms with Crippen molar-refractivity contribution in [2.75, 3.05) is 6.54 Å². The van der Waals surface area contributed by atoms with Crippen LogP contribution in [0.5, 0.6) is 0 Å². The normalized spacial score (nSPS) is 32.4. The molecule has 17 heavy (non-hydrogen) atoms. The molecule has 0 spiro atoms. The molecule has 3 rings (SSSR count). The second-order valence-corrected chi connectivity index (χ2v) is 5.30. The number of fused-ring (bicyclic) bond motifs is 1. The number of aliphatic hydroxyl groups is 1. The van der Waals surface area contributed by atoms with E-state index in [1.807, 2.05) is 6.08 Å². The third-order valence-electron chi connectivity index (χ3n) is 4.23. The topological polar surface area (TPSA) is 32.6 Å². The summed E-state index contributed by atoms with van der Waals surface area (Å²) in [5.74, 6) is 1.53. The van der Waals surface area contributed by atoms with Crippen LogP contribution >= 0.6 is 0 Å². The van der Waals surface area contributed by atoms with Gasteiger partial charge in [0.1, 0.15) is 0 Å². The minimum atomic E-state index is 0.231. The van der Waals surface area contributed by atoms with E-state index in [1.54, 1.807) is 5.57 Å². The molecule has 0 radical (unpaired) electrons. The highest BCUT2D eigenvalue weighted by Gasteiger charge is 2.29. The minimum Gasteiger partial charge on any atom is -0.494 e. The second kappa shape index (κ2) is 4.52. The summed E-state index contributed by atoms with van der Waals surface area (Å²) >= 11 is 0. The van der Waals surface area contributed by atoms with Gasteiger partial charge in [-0.1, -0.05) is 29.4 Å². The Morgan fingerprint density at radius 2 is 2.06 bits per heavy atom. The van der Waals surface area contributed by atoms with E-state index in [-0.39, 0.29) is 5.90 Å². The van der Waals surface area contributed by atoms with Crippen molar-refractivity contribution in [3.05, 3.63) is 35.5 Å². The van der Waals surface area contributed by atoms with Gasteiger partial charge in [0.2, 0.25) is 5.90 Å². The van der Waals surface area contributed by atoms with Crippen LogP contribution < -0.4 is 0 Å². The van der Waals surface area contributed by atoms with E-state index < -0.39 is 0 Å². The van der Waals surface area contributed by atoms with E-state index in [0.29, 0.717) is 11.8 Å². The highest BCUT2D eigenvalue weighted by Crippen LogP contribution is 2.40. The van der Waals surface area contributed by atoms with E-state index in [9.17, 15) is 5.11 Å². The van der Waals surface area contributed by atoms with Crippen LogP contribution in [0.4, 0.5) is 0 Å². The standard InChI is InChI=1S/C15H19NO/c17-15-9-14-8-12(6-7-13(14)10-16-15)11-4-2-1-3-5-11/h1-2,4,9,12-13H,3,5-8,10H2,(H,16,17). The first-order chi connectivity index (χ1) is 8.33. The molecule has 0 aromatic rings. The molecule has 0 amide bonds. The molecule has 2 heteroatoms. The summed E-state index contributed by atoms with van der Waals surface area (Å²) in [5.41, 5.74) is 3.03. The molecule has 2 aliphatic carbocycles. The fourth-order valence-electron chi connectivity index (χ4n) is 3.22. The van der Waals surface area contributed by atoms with Crippen LogP contribution in [-0.4, -0.2) is 17.5 Å². The second-order valence-electron chi connectivity index (χ2n) is 5.30. The van der Waals surface area contributed by atoms with Gasteiger partial charge in [-0.05, 0) is 44.1 Å². The Morgan fingerprint density at radius 1 is 1.18 bits per heavy atom. The third kappa shape index (κ3) is 2.21. The van der Waals surface area contributed by atoms with Crippen molar-refractivity contribution in [3.8, 4) is 0 Å². The first-order valence-corrected chi connectivity index (χ1v) is 6.62. The van der Waals surface area contributed by atoms with Crippen molar-refractivity contribution < 1.29 is 5.11 Å². The van der Waals surface area contributed by atoms with Gasteiger partial charge in [-0.3, -0.25) is 4.99 Å². The van der Waals surface area contributed by atoms with Crippen LogP contribution in [0.3, 0.4) is 0 Å². The Balaban J connectivity index is 1.76. The molecule has 2 unspecified atom stereocenters. The molecule has 1 heterocycles. The van der Waals surface area contributed by atoms with Crippen LogP contribution in [0.25, 0.3) is 0 Å². The van der Waals surface area contributed by atoms with Crippen molar-refractivity contribution >= 4 is 5.90 Å². The Morgan fingerprint density at radius 3 is 2.88 bits per heavy atom. The molecular weight excluding hydrogens is 210 g/mol. The number of rotatable bonds is 1. The predicted molar refractivity (Wildman–Crippen MR) is 70.3 cm³/mol. The zero-order valence-electron chi connectivity index (χ0n) is 10.1. The molecule has 3 aliphatic rings. The molecule has 2 atom stereocenters. The summed E-state index contributed by atoms with van der Waals surface area (Å²) in [6.45, 7) is 0.795. The summed E-state index contributed by atoms with van der Waals surface area (Å²) in [5, 5.41) is 9.49. The number of nitrogens with zero attached hydrogens (tertiary/aromatic N) is 1. The van der Waals surface area contributed by atoms with Gasteiger partial charge < -0.3 is 5.11 Å². The predicted octanol–water partition coefficient (Wildman–Crippen LogP) is 3.58. The van der Waals surface area contributed by atoms with Crippen LogP contribution in [0.15, 0.2) is 40.4 Å². The number of dihydropyridines is 1. The van der Waals surface area contributed by atoms with Crippen LogP contribution in [0, 0.1) is 11.8 Å². The summed E-state index contributed by atoms with van der Waals surface area (Å²) < 4.78 is 0. The van der Waals surface area contributed by atoms with E-state index in [4.69, 9.17) is 0 Å². The van der Waals surface area contributed by atoms with Crippen molar-refractivity contribution in [2.45, 2.75) is 32.1 Å². The van der Waals surface area contributed by atoms with Gasteiger partial charge in [0.05, 0.1) is 0 Å². The van der Waals surface area contributed by atoms with Gasteiger partial charge in [0.25, 0.3) is 0 Å². The number of hydrogen-bond acceptors (Lipinski definition) is 1. The molecule has 2 nitrogen and oxygen atoms in total. The molecule has 1 N–H and O–H groups in total. The van der Waals surface area contributed by atoms with Gasteiger partial charge in [-0.2, -0.15) is 0 Å². The van der Waals surface area contributed by atoms with Crippen molar-refractivity contribution in [3.63, 3.8) is 0 Å². The van der Waals surface area contributed by atoms with Gasteiger partial charge in [0.15, 0.2) is 0 Å². The fraction of sp³-hybridized carbons (Fsp3) is 0.533. The summed E-state index contributed by atoms with van der Waals surface area (Å²) in [6, 6.07) is 0. The van der Waals surface area contributed by atoms with Gasteiger partial charge >= 0.3 is 0 Å². The lowest BCUT2D eigenvalue weighted by atomic mass is 9.73. The average Bonchev–Trinajstić information content (AvgIpc) is 2.39. The van der Waals surface area contributed by atoms with Crippen molar-refractivity contribution in [2.24, 2.45) is 16.8 Å². The maximum absolute atomic E-state index is 9.49. The number of aliphatic imine (C=N–C) groups is 1. The van der Waals surface area contributed by atoms with E-state index in [0.717, 1.165) is 13.0 Å². The molecule has 0 bridgehead atoms. The maximum Gasteiger partial charge on any atom is 0.206 e. The average molecular weight is 229 g/mol. The summed E-state index contributed by atoms with van der Waals surface area (Å²) in [7, 11) is 0. The smallest absolute Gasteiger partial charge is 0.206 e. The zero-order valence-corrected chi connectivity index (χ0v) is 10.1. The summed E-state index contributed by atoms with van der Waals surface area (Å²) in [6.07, 6.45) is 14.7. The number of aliphatic hydroxyl groups excluding tert-OH is 1. The molecule has 0 saturated heterocycles. The van der Waals surface area contributed by atoms with Crippen LogP contribution in [0.1, 0.15) is 32.1 Å². The lowest BCUT2D eigenvalue weighted by molar-refractivity contribution is 0.375. The minimum absolute atomic E-state index is 0.231.